The average molecular weight is 176 g/mol. The highest BCUT2D eigenvalue weighted by atomic mass is 16.2. The van der Waals surface area contributed by atoms with Gasteiger partial charge in [-0.25, -0.2) is 0 Å². The predicted molar refractivity (Wildman–Crippen MR) is 49.4 cm³/mol. The Kier molecular flexibility index (Phi) is 2.25. The van der Waals surface area contributed by atoms with E-state index in [9.17, 15) is 4.79 Å². The Morgan fingerprint density at radius 3 is 2.46 bits per heavy atom. The fraction of sp³-hybridized carbons (Fsp3) is 0.400. The van der Waals surface area contributed by atoms with Crippen molar-refractivity contribution in [2.24, 2.45) is 0 Å². The summed E-state index contributed by atoms with van der Waals surface area (Å²) in [6, 6.07) is 3.53. The van der Waals surface area contributed by atoms with Crippen LogP contribution in [-0.4, -0.2) is 28.9 Å². The Labute approximate surface area is 77.4 Å². The third kappa shape index (κ3) is 1.69. The van der Waals surface area contributed by atoms with Gasteiger partial charge in [-0.05, 0) is 25.0 Å². The Morgan fingerprint density at radius 1 is 1.23 bits per heavy atom. The molecule has 1 aliphatic heterocycles. The topological polar surface area (TPSA) is 33.2 Å². The molecule has 0 spiro atoms. The van der Waals surface area contributed by atoms with Crippen molar-refractivity contribution >= 4 is 5.91 Å². The van der Waals surface area contributed by atoms with Crippen molar-refractivity contribution in [3.63, 3.8) is 0 Å². The molecule has 0 bridgehead atoms. The summed E-state index contributed by atoms with van der Waals surface area (Å²) in [6.45, 7) is 1.81. The Bertz CT molecular complexity index is 291. The molecule has 0 unspecified atom stereocenters. The highest BCUT2D eigenvalue weighted by molar-refractivity contribution is 5.94. The molecule has 3 nitrogen and oxygen atoms in total. The third-order valence-corrected chi connectivity index (χ3v) is 2.32. The zero-order valence-electron chi connectivity index (χ0n) is 7.44. The van der Waals surface area contributed by atoms with Crippen molar-refractivity contribution in [3.05, 3.63) is 30.1 Å². The minimum atomic E-state index is 0.139. The van der Waals surface area contributed by atoms with Crippen molar-refractivity contribution < 1.29 is 4.79 Å². The van der Waals surface area contributed by atoms with Gasteiger partial charge in [-0.15, -0.1) is 0 Å². The van der Waals surface area contributed by atoms with Gasteiger partial charge in [0, 0.05) is 31.0 Å². The van der Waals surface area contributed by atoms with E-state index in [-0.39, 0.29) is 5.91 Å². The highest BCUT2D eigenvalue weighted by Crippen LogP contribution is 2.11. The van der Waals surface area contributed by atoms with Gasteiger partial charge in [0.1, 0.15) is 0 Å². The first-order valence-corrected chi connectivity index (χ1v) is 4.57. The van der Waals surface area contributed by atoms with E-state index < -0.39 is 0 Å². The minimum Gasteiger partial charge on any atom is -0.339 e. The molecular formula is C10H12N2O. The summed E-state index contributed by atoms with van der Waals surface area (Å²) in [5, 5.41) is 0. The van der Waals surface area contributed by atoms with E-state index in [1.54, 1.807) is 24.5 Å². The van der Waals surface area contributed by atoms with Crippen LogP contribution in [0.3, 0.4) is 0 Å². The summed E-state index contributed by atoms with van der Waals surface area (Å²) in [5.74, 6) is 0.139. The average Bonchev–Trinajstić information content (AvgIpc) is 2.71. The van der Waals surface area contributed by atoms with Crippen LogP contribution >= 0.6 is 0 Å². The fourth-order valence-corrected chi connectivity index (χ4v) is 1.60. The van der Waals surface area contributed by atoms with E-state index >= 15 is 0 Å². The standard InChI is InChI=1S/C10H12N2O/c13-10(12-7-1-2-8-12)9-3-5-11-6-4-9/h3-6H,1-2,7-8H2. The van der Waals surface area contributed by atoms with Gasteiger partial charge < -0.3 is 4.90 Å². The molecule has 0 N–H and O–H groups in total. The number of likely N-dealkylation sites (tertiary alicyclic amines) is 1. The molecule has 0 aromatic carbocycles. The number of rotatable bonds is 1. The van der Waals surface area contributed by atoms with E-state index in [0.29, 0.717) is 0 Å². The maximum Gasteiger partial charge on any atom is 0.253 e. The zero-order valence-corrected chi connectivity index (χ0v) is 7.44. The summed E-state index contributed by atoms with van der Waals surface area (Å²) in [7, 11) is 0. The number of aromatic nitrogens is 1. The quantitative estimate of drug-likeness (QED) is 0.646. The molecule has 2 heterocycles. The summed E-state index contributed by atoms with van der Waals surface area (Å²) in [4.78, 5) is 17.5. The van der Waals surface area contributed by atoms with Crippen LogP contribution in [0.2, 0.25) is 0 Å². The molecule has 1 saturated heterocycles. The number of hydrogen-bond acceptors (Lipinski definition) is 2. The van der Waals surface area contributed by atoms with Crippen LogP contribution in [0.4, 0.5) is 0 Å². The van der Waals surface area contributed by atoms with Crippen LogP contribution in [0.15, 0.2) is 24.5 Å². The van der Waals surface area contributed by atoms with Crippen LogP contribution in [-0.2, 0) is 0 Å². The van der Waals surface area contributed by atoms with Gasteiger partial charge >= 0.3 is 0 Å². The van der Waals surface area contributed by atoms with Crippen molar-refractivity contribution in [3.8, 4) is 0 Å². The van der Waals surface area contributed by atoms with Crippen LogP contribution in [0.5, 0.6) is 0 Å². The molecule has 0 aliphatic carbocycles. The monoisotopic (exact) mass is 176 g/mol. The molecule has 3 heteroatoms. The number of nitrogens with zero attached hydrogens (tertiary/aromatic N) is 2. The molecule has 13 heavy (non-hydrogen) atoms. The predicted octanol–water partition coefficient (Wildman–Crippen LogP) is 1.32. The molecule has 2 rings (SSSR count). The maximum absolute atomic E-state index is 11.7. The second kappa shape index (κ2) is 3.56. The molecule has 0 atom stereocenters. The second-order valence-electron chi connectivity index (χ2n) is 3.24. The molecular weight excluding hydrogens is 164 g/mol. The molecule has 0 saturated carbocycles. The smallest absolute Gasteiger partial charge is 0.253 e. The Balaban J connectivity index is 2.13. The van der Waals surface area contributed by atoms with E-state index in [1.165, 1.54) is 0 Å². The van der Waals surface area contributed by atoms with E-state index in [4.69, 9.17) is 0 Å². The van der Waals surface area contributed by atoms with Crippen molar-refractivity contribution in [2.75, 3.05) is 13.1 Å². The maximum atomic E-state index is 11.7. The minimum absolute atomic E-state index is 0.139. The van der Waals surface area contributed by atoms with E-state index in [0.717, 1.165) is 31.5 Å². The van der Waals surface area contributed by atoms with Crippen LogP contribution in [0.1, 0.15) is 23.2 Å². The van der Waals surface area contributed by atoms with Gasteiger partial charge in [0.25, 0.3) is 5.91 Å². The van der Waals surface area contributed by atoms with Crippen molar-refractivity contribution in [1.82, 2.24) is 9.88 Å². The lowest BCUT2D eigenvalue weighted by Gasteiger charge is -2.14. The third-order valence-electron chi connectivity index (χ3n) is 2.32. The number of amides is 1. The summed E-state index contributed by atoms with van der Waals surface area (Å²) in [5.41, 5.74) is 0.747. The summed E-state index contributed by atoms with van der Waals surface area (Å²) < 4.78 is 0. The molecule has 1 fully saturated rings. The highest BCUT2D eigenvalue weighted by Gasteiger charge is 2.18. The molecule has 1 aromatic heterocycles. The molecule has 0 radical (unpaired) electrons. The zero-order chi connectivity index (χ0) is 9.10. The van der Waals surface area contributed by atoms with Gasteiger partial charge in [-0.2, -0.15) is 0 Å². The number of hydrogen-bond donors (Lipinski definition) is 0. The van der Waals surface area contributed by atoms with E-state index in [2.05, 4.69) is 4.98 Å². The van der Waals surface area contributed by atoms with Crippen molar-refractivity contribution in [1.29, 1.82) is 0 Å². The number of carbonyl (C=O) groups is 1. The fourth-order valence-electron chi connectivity index (χ4n) is 1.60. The largest absolute Gasteiger partial charge is 0.339 e. The Hall–Kier alpha value is -1.38. The SMILES string of the molecule is O=C(c1ccncc1)N1CCCC1. The summed E-state index contributed by atoms with van der Waals surface area (Å²) >= 11 is 0. The Morgan fingerprint density at radius 2 is 1.85 bits per heavy atom. The first kappa shape index (κ1) is 8.23. The van der Waals surface area contributed by atoms with E-state index in [1.807, 2.05) is 4.90 Å². The first-order chi connectivity index (χ1) is 6.38. The normalized spacial score (nSPS) is 16.2. The lowest BCUT2D eigenvalue weighted by molar-refractivity contribution is 0.0792. The number of carbonyl (C=O) groups excluding carboxylic acids is 1. The van der Waals surface area contributed by atoms with Crippen LogP contribution in [0.25, 0.3) is 0 Å². The first-order valence-electron chi connectivity index (χ1n) is 4.57. The van der Waals surface area contributed by atoms with Gasteiger partial charge in [-0.1, -0.05) is 0 Å². The van der Waals surface area contributed by atoms with Crippen LogP contribution < -0.4 is 0 Å². The molecule has 1 aliphatic rings. The van der Waals surface area contributed by atoms with Gasteiger partial charge in [0.2, 0.25) is 0 Å². The molecule has 68 valence electrons. The number of pyridine rings is 1. The van der Waals surface area contributed by atoms with Gasteiger partial charge in [-0.3, -0.25) is 9.78 Å². The lowest BCUT2D eigenvalue weighted by Crippen LogP contribution is -2.27. The van der Waals surface area contributed by atoms with Gasteiger partial charge in [0.15, 0.2) is 0 Å². The molecule has 1 amide bonds. The van der Waals surface area contributed by atoms with Crippen molar-refractivity contribution in [2.45, 2.75) is 12.8 Å². The second-order valence-corrected chi connectivity index (χ2v) is 3.24. The molecule has 1 aromatic rings. The lowest BCUT2D eigenvalue weighted by atomic mass is 10.2. The van der Waals surface area contributed by atoms with Crippen LogP contribution in [0, 0.1) is 0 Å². The van der Waals surface area contributed by atoms with Gasteiger partial charge in [0.05, 0.1) is 0 Å². The summed E-state index contributed by atoms with van der Waals surface area (Å²) in [6.07, 6.45) is 5.58.